The van der Waals surface area contributed by atoms with Gasteiger partial charge in [0.2, 0.25) is 0 Å². The second-order valence-corrected chi connectivity index (χ2v) is 5.12. The minimum Gasteiger partial charge on any atom is -0.212 e. The van der Waals surface area contributed by atoms with Gasteiger partial charge in [-0.05, 0) is 30.3 Å². The monoisotopic (exact) mass is 321 g/mol. The summed E-state index contributed by atoms with van der Waals surface area (Å²) in [4.78, 5) is 0. The molecule has 0 spiro atoms. The molecule has 0 saturated carbocycles. The summed E-state index contributed by atoms with van der Waals surface area (Å²) < 4.78 is 15.0. The summed E-state index contributed by atoms with van der Waals surface area (Å²) >= 11 is 11.8. The van der Waals surface area contributed by atoms with E-state index in [1.54, 1.807) is 28.9 Å². The van der Waals surface area contributed by atoms with E-state index in [9.17, 15) is 4.39 Å². The topological polar surface area (TPSA) is 30.7 Å². The largest absolute Gasteiger partial charge is 0.212 e. The van der Waals surface area contributed by atoms with E-state index in [0.29, 0.717) is 16.4 Å². The fourth-order valence-electron chi connectivity index (χ4n) is 2.09. The number of halogens is 3. The molecule has 0 unspecified atom stereocenters. The third-order valence-corrected chi connectivity index (χ3v) is 3.54. The van der Waals surface area contributed by atoms with E-state index in [2.05, 4.69) is 10.3 Å². The Hall–Kier alpha value is -1.91. The number of hydrogen-bond acceptors (Lipinski definition) is 2. The average molecular weight is 322 g/mol. The van der Waals surface area contributed by atoms with Crippen LogP contribution in [-0.2, 0) is 5.88 Å². The molecule has 3 rings (SSSR count). The Bertz CT molecular complexity index is 769. The van der Waals surface area contributed by atoms with Crippen LogP contribution in [0.3, 0.4) is 0 Å². The van der Waals surface area contributed by atoms with E-state index >= 15 is 0 Å². The van der Waals surface area contributed by atoms with E-state index in [-0.39, 0.29) is 11.7 Å². The molecule has 0 aliphatic carbocycles. The van der Waals surface area contributed by atoms with Crippen LogP contribution in [0.4, 0.5) is 4.39 Å². The third kappa shape index (κ3) is 2.77. The summed E-state index contributed by atoms with van der Waals surface area (Å²) in [6.45, 7) is 0. The lowest BCUT2D eigenvalue weighted by Crippen LogP contribution is -2.00. The maximum Gasteiger partial charge on any atom is 0.125 e. The van der Waals surface area contributed by atoms with Crippen molar-refractivity contribution in [2.24, 2.45) is 0 Å². The standard InChI is InChI=1S/C15H10Cl2FN3/c16-9-14-15(10-4-6-11(17)7-5-10)21(20-19-14)13-3-1-2-12(18)8-13/h1-8H,9H2. The van der Waals surface area contributed by atoms with E-state index in [1.165, 1.54) is 12.1 Å². The van der Waals surface area contributed by atoms with E-state index < -0.39 is 0 Å². The van der Waals surface area contributed by atoms with Crippen molar-refractivity contribution < 1.29 is 4.39 Å². The van der Waals surface area contributed by atoms with Crippen molar-refractivity contribution in [3.05, 3.63) is 65.1 Å². The molecule has 3 nitrogen and oxygen atoms in total. The molecule has 0 amide bonds. The number of alkyl halides is 1. The van der Waals surface area contributed by atoms with Gasteiger partial charge in [-0.15, -0.1) is 16.7 Å². The SMILES string of the molecule is Fc1cccc(-n2nnc(CCl)c2-c2ccc(Cl)cc2)c1. The Balaban J connectivity index is 2.19. The van der Waals surface area contributed by atoms with Gasteiger partial charge in [0.25, 0.3) is 0 Å². The molecule has 0 aliphatic heterocycles. The van der Waals surface area contributed by atoms with Crippen LogP contribution in [-0.4, -0.2) is 15.0 Å². The zero-order valence-corrected chi connectivity index (χ0v) is 12.3. The predicted octanol–water partition coefficient (Wildman–Crippen LogP) is 4.47. The van der Waals surface area contributed by atoms with Gasteiger partial charge >= 0.3 is 0 Å². The summed E-state index contributed by atoms with van der Waals surface area (Å²) in [6, 6.07) is 13.4. The van der Waals surface area contributed by atoms with Crippen molar-refractivity contribution in [2.75, 3.05) is 0 Å². The van der Waals surface area contributed by atoms with Crippen LogP contribution in [0, 0.1) is 5.82 Å². The van der Waals surface area contributed by atoms with Gasteiger partial charge in [0.1, 0.15) is 11.5 Å². The lowest BCUT2D eigenvalue weighted by atomic mass is 10.1. The Morgan fingerprint density at radius 1 is 1.10 bits per heavy atom. The second-order valence-electron chi connectivity index (χ2n) is 4.42. The highest BCUT2D eigenvalue weighted by Gasteiger charge is 2.15. The van der Waals surface area contributed by atoms with Crippen LogP contribution in [0.5, 0.6) is 0 Å². The minimum absolute atomic E-state index is 0.216. The van der Waals surface area contributed by atoms with Gasteiger partial charge in [-0.25, -0.2) is 9.07 Å². The Morgan fingerprint density at radius 3 is 2.52 bits per heavy atom. The first-order valence-corrected chi connectivity index (χ1v) is 7.12. The molecule has 0 bridgehead atoms. The molecular formula is C15H10Cl2FN3. The molecule has 3 aromatic rings. The normalized spacial score (nSPS) is 10.8. The van der Waals surface area contributed by atoms with E-state index in [4.69, 9.17) is 23.2 Å². The van der Waals surface area contributed by atoms with Gasteiger partial charge in [0.05, 0.1) is 17.3 Å². The lowest BCUT2D eigenvalue weighted by molar-refractivity contribution is 0.625. The highest BCUT2D eigenvalue weighted by molar-refractivity contribution is 6.30. The van der Waals surface area contributed by atoms with Gasteiger partial charge in [-0.3, -0.25) is 0 Å². The zero-order valence-electron chi connectivity index (χ0n) is 10.8. The Morgan fingerprint density at radius 2 is 1.86 bits per heavy atom. The number of benzene rings is 2. The molecule has 106 valence electrons. The van der Waals surface area contributed by atoms with Crippen LogP contribution in [0.2, 0.25) is 5.02 Å². The zero-order chi connectivity index (χ0) is 14.8. The molecule has 0 fully saturated rings. The predicted molar refractivity (Wildman–Crippen MR) is 81.3 cm³/mol. The van der Waals surface area contributed by atoms with Crippen LogP contribution in [0.25, 0.3) is 16.9 Å². The Labute approximate surface area is 130 Å². The van der Waals surface area contributed by atoms with Gasteiger partial charge in [0.15, 0.2) is 0 Å². The first-order chi connectivity index (χ1) is 10.2. The smallest absolute Gasteiger partial charge is 0.125 e. The summed E-state index contributed by atoms with van der Waals surface area (Å²) in [6.07, 6.45) is 0. The molecule has 2 aromatic carbocycles. The highest BCUT2D eigenvalue weighted by atomic mass is 35.5. The molecule has 0 aliphatic rings. The van der Waals surface area contributed by atoms with E-state index in [0.717, 1.165) is 11.3 Å². The summed E-state index contributed by atoms with van der Waals surface area (Å²) in [5.74, 6) is -0.120. The average Bonchev–Trinajstić information content (AvgIpc) is 2.92. The van der Waals surface area contributed by atoms with E-state index in [1.807, 2.05) is 12.1 Å². The molecule has 0 N–H and O–H groups in total. The maximum atomic E-state index is 13.4. The molecule has 21 heavy (non-hydrogen) atoms. The summed E-state index contributed by atoms with van der Waals surface area (Å²) in [5, 5.41) is 8.78. The minimum atomic E-state index is -0.336. The molecule has 0 saturated heterocycles. The molecule has 6 heteroatoms. The quantitative estimate of drug-likeness (QED) is 0.666. The van der Waals surface area contributed by atoms with Gasteiger partial charge in [-0.1, -0.05) is 35.0 Å². The number of rotatable bonds is 3. The summed E-state index contributed by atoms with van der Waals surface area (Å²) in [5.41, 5.74) is 2.81. The van der Waals surface area contributed by atoms with Gasteiger partial charge in [0, 0.05) is 10.6 Å². The molecule has 1 aromatic heterocycles. The fraction of sp³-hybridized carbons (Fsp3) is 0.0667. The third-order valence-electron chi connectivity index (χ3n) is 3.04. The van der Waals surface area contributed by atoms with Crippen LogP contribution < -0.4 is 0 Å². The highest BCUT2D eigenvalue weighted by Crippen LogP contribution is 2.27. The van der Waals surface area contributed by atoms with Crippen molar-refractivity contribution in [1.82, 2.24) is 15.0 Å². The lowest BCUT2D eigenvalue weighted by Gasteiger charge is -2.08. The van der Waals surface area contributed by atoms with Crippen molar-refractivity contribution in [1.29, 1.82) is 0 Å². The molecule has 1 heterocycles. The number of nitrogens with zero attached hydrogens (tertiary/aromatic N) is 3. The van der Waals surface area contributed by atoms with Crippen LogP contribution in [0.1, 0.15) is 5.69 Å². The fourth-order valence-corrected chi connectivity index (χ4v) is 2.39. The van der Waals surface area contributed by atoms with Crippen LogP contribution in [0.15, 0.2) is 48.5 Å². The van der Waals surface area contributed by atoms with Crippen molar-refractivity contribution in [3.8, 4) is 16.9 Å². The van der Waals surface area contributed by atoms with Crippen LogP contribution >= 0.6 is 23.2 Å². The van der Waals surface area contributed by atoms with Crippen molar-refractivity contribution in [2.45, 2.75) is 5.88 Å². The summed E-state index contributed by atoms with van der Waals surface area (Å²) in [7, 11) is 0. The number of aromatic nitrogens is 3. The van der Waals surface area contributed by atoms with Crippen molar-refractivity contribution in [3.63, 3.8) is 0 Å². The molecular weight excluding hydrogens is 312 g/mol. The first kappa shape index (κ1) is 14.0. The van der Waals surface area contributed by atoms with Gasteiger partial charge < -0.3 is 0 Å². The molecule has 0 radical (unpaired) electrons. The maximum absolute atomic E-state index is 13.4. The second kappa shape index (κ2) is 5.84. The van der Waals surface area contributed by atoms with Crippen molar-refractivity contribution >= 4 is 23.2 Å². The van der Waals surface area contributed by atoms with Gasteiger partial charge in [-0.2, -0.15) is 0 Å². The first-order valence-electron chi connectivity index (χ1n) is 6.21. The molecule has 0 atom stereocenters. The number of hydrogen-bond donors (Lipinski definition) is 0. The Kier molecular flexibility index (Phi) is 3.90.